The first kappa shape index (κ1) is 12.2. The van der Waals surface area contributed by atoms with Gasteiger partial charge in [0.15, 0.2) is 11.6 Å². The van der Waals surface area contributed by atoms with Crippen molar-refractivity contribution >= 4 is 28.7 Å². The second-order valence-electron chi connectivity index (χ2n) is 3.70. The molecule has 17 heavy (non-hydrogen) atoms. The van der Waals surface area contributed by atoms with E-state index in [1.807, 2.05) is 6.26 Å². The van der Waals surface area contributed by atoms with Crippen molar-refractivity contribution in [2.75, 3.05) is 17.7 Å². The Balaban J connectivity index is 2.46. The van der Waals surface area contributed by atoms with Gasteiger partial charge in [-0.2, -0.15) is 11.8 Å². The second kappa shape index (κ2) is 4.91. The molecule has 0 unspecified atom stereocenters. The molecule has 0 aliphatic carbocycles. The van der Waals surface area contributed by atoms with Crippen molar-refractivity contribution in [3.8, 4) is 0 Å². The summed E-state index contributed by atoms with van der Waals surface area (Å²) in [5.74, 6) is -0.583. The fourth-order valence-corrected chi connectivity index (χ4v) is 2.19. The number of thioether (sulfide) groups is 1. The van der Waals surface area contributed by atoms with Crippen LogP contribution in [0.5, 0.6) is 0 Å². The van der Waals surface area contributed by atoms with Gasteiger partial charge in [-0.1, -0.05) is 0 Å². The van der Waals surface area contributed by atoms with E-state index in [-0.39, 0.29) is 11.5 Å². The van der Waals surface area contributed by atoms with Crippen LogP contribution in [0.1, 0.15) is 6.42 Å². The van der Waals surface area contributed by atoms with Gasteiger partial charge in [-0.15, -0.1) is 0 Å². The van der Waals surface area contributed by atoms with Gasteiger partial charge in [0.05, 0.1) is 5.52 Å². The smallest absolute Gasteiger partial charge is 0.201 e. The monoisotopic (exact) mass is 257 g/mol. The molecular formula is C11H13F2N3S. The van der Waals surface area contributed by atoms with Crippen LogP contribution in [0.4, 0.5) is 14.7 Å². The normalized spacial score (nSPS) is 11.2. The summed E-state index contributed by atoms with van der Waals surface area (Å²) in [5, 5.41) is 0. The minimum atomic E-state index is -0.879. The predicted molar refractivity (Wildman–Crippen MR) is 67.1 cm³/mol. The summed E-state index contributed by atoms with van der Waals surface area (Å²) >= 11 is 1.70. The summed E-state index contributed by atoms with van der Waals surface area (Å²) in [5.41, 5.74) is 6.26. The molecule has 6 heteroatoms. The fourth-order valence-electron chi connectivity index (χ4n) is 1.77. The number of benzene rings is 1. The SMILES string of the molecule is CSCCCn1c(N)nc2ccc(F)c(F)c21. The maximum absolute atomic E-state index is 13.7. The highest BCUT2D eigenvalue weighted by molar-refractivity contribution is 7.98. The van der Waals surface area contributed by atoms with Crippen molar-refractivity contribution < 1.29 is 8.78 Å². The van der Waals surface area contributed by atoms with Crippen LogP contribution in [0.15, 0.2) is 12.1 Å². The Morgan fingerprint density at radius 1 is 1.41 bits per heavy atom. The number of hydrogen-bond donors (Lipinski definition) is 1. The van der Waals surface area contributed by atoms with E-state index in [2.05, 4.69) is 4.98 Å². The third kappa shape index (κ3) is 2.22. The van der Waals surface area contributed by atoms with E-state index in [1.165, 1.54) is 10.6 Å². The summed E-state index contributed by atoms with van der Waals surface area (Å²) in [6, 6.07) is 2.51. The molecule has 1 aromatic carbocycles. The third-order valence-corrected chi connectivity index (χ3v) is 3.26. The lowest BCUT2D eigenvalue weighted by Gasteiger charge is -2.06. The third-order valence-electron chi connectivity index (χ3n) is 2.56. The van der Waals surface area contributed by atoms with E-state index in [4.69, 9.17) is 5.73 Å². The Hall–Kier alpha value is -1.30. The standard InChI is InChI=1S/C11H13F2N3S/c1-17-6-2-5-16-10-8(15-11(16)14)4-3-7(12)9(10)13/h3-4H,2,5-6H2,1H3,(H2,14,15). The van der Waals surface area contributed by atoms with Gasteiger partial charge in [-0.25, -0.2) is 13.8 Å². The first-order chi connectivity index (χ1) is 8.15. The number of rotatable bonds is 4. The maximum Gasteiger partial charge on any atom is 0.201 e. The molecule has 2 rings (SSSR count). The molecule has 0 amide bonds. The van der Waals surface area contributed by atoms with Gasteiger partial charge in [0.25, 0.3) is 0 Å². The Labute approximate surface area is 102 Å². The van der Waals surface area contributed by atoms with Gasteiger partial charge >= 0.3 is 0 Å². The highest BCUT2D eigenvalue weighted by Crippen LogP contribution is 2.23. The molecule has 1 heterocycles. The Kier molecular flexibility index (Phi) is 3.51. The lowest BCUT2D eigenvalue weighted by atomic mass is 10.3. The van der Waals surface area contributed by atoms with E-state index in [0.717, 1.165) is 18.2 Å². The number of halogens is 2. The number of aromatic nitrogens is 2. The van der Waals surface area contributed by atoms with Gasteiger partial charge < -0.3 is 10.3 Å². The number of nitrogen functional groups attached to an aromatic ring is 1. The topological polar surface area (TPSA) is 43.8 Å². The Morgan fingerprint density at radius 2 is 2.18 bits per heavy atom. The molecule has 2 aromatic rings. The van der Waals surface area contributed by atoms with E-state index >= 15 is 0 Å². The zero-order chi connectivity index (χ0) is 12.4. The average Bonchev–Trinajstić information content (AvgIpc) is 2.62. The van der Waals surface area contributed by atoms with Crippen molar-refractivity contribution in [1.82, 2.24) is 9.55 Å². The quantitative estimate of drug-likeness (QED) is 0.856. The molecule has 0 saturated heterocycles. The molecule has 0 spiro atoms. The molecule has 2 N–H and O–H groups in total. The largest absolute Gasteiger partial charge is 0.369 e. The van der Waals surface area contributed by atoms with Crippen molar-refractivity contribution in [1.29, 1.82) is 0 Å². The van der Waals surface area contributed by atoms with Gasteiger partial charge in [0.1, 0.15) is 5.52 Å². The number of hydrogen-bond acceptors (Lipinski definition) is 3. The van der Waals surface area contributed by atoms with E-state index < -0.39 is 11.6 Å². The van der Waals surface area contributed by atoms with E-state index in [9.17, 15) is 8.78 Å². The number of imidazole rings is 1. The van der Waals surface area contributed by atoms with Crippen LogP contribution >= 0.6 is 11.8 Å². The maximum atomic E-state index is 13.7. The van der Waals surface area contributed by atoms with Gasteiger partial charge in [0, 0.05) is 6.54 Å². The van der Waals surface area contributed by atoms with Crippen LogP contribution in [-0.2, 0) is 6.54 Å². The van der Waals surface area contributed by atoms with Crippen LogP contribution in [0.2, 0.25) is 0 Å². The zero-order valence-corrected chi connectivity index (χ0v) is 10.2. The minimum absolute atomic E-state index is 0.156. The van der Waals surface area contributed by atoms with Crippen molar-refractivity contribution in [3.05, 3.63) is 23.8 Å². The van der Waals surface area contributed by atoms with Crippen molar-refractivity contribution in [2.24, 2.45) is 0 Å². The number of anilines is 1. The second-order valence-corrected chi connectivity index (χ2v) is 4.68. The molecule has 0 aliphatic rings. The lowest BCUT2D eigenvalue weighted by Crippen LogP contribution is -2.05. The molecular weight excluding hydrogens is 244 g/mol. The van der Waals surface area contributed by atoms with E-state index in [0.29, 0.717) is 12.1 Å². The number of nitrogens with zero attached hydrogens (tertiary/aromatic N) is 2. The zero-order valence-electron chi connectivity index (χ0n) is 9.41. The lowest BCUT2D eigenvalue weighted by molar-refractivity contribution is 0.511. The Morgan fingerprint density at radius 3 is 2.88 bits per heavy atom. The van der Waals surface area contributed by atoms with Crippen LogP contribution < -0.4 is 5.73 Å². The summed E-state index contributed by atoms with van der Waals surface area (Å²) < 4.78 is 28.4. The molecule has 0 aliphatic heterocycles. The highest BCUT2D eigenvalue weighted by atomic mass is 32.2. The van der Waals surface area contributed by atoms with Crippen LogP contribution in [0.25, 0.3) is 11.0 Å². The van der Waals surface area contributed by atoms with Crippen LogP contribution in [0.3, 0.4) is 0 Å². The van der Waals surface area contributed by atoms with Crippen LogP contribution in [0, 0.1) is 11.6 Å². The molecule has 0 radical (unpaired) electrons. The number of aryl methyl sites for hydroxylation is 1. The van der Waals surface area contributed by atoms with Crippen LogP contribution in [-0.4, -0.2) is 21.6 Å². The van der Waals surface area contributed by atoms with Crippen molar-refractivity contribution in [3.63, 3.8) is 0 Å². The molecule has 0 saturated carbocycles. The predicted octanol–water partition coefficient (Wildman–Crippen LogP) is 2.65. The molecule has 0 fully saturated rings. The Bertz CT molecular complexity index is 539. The molecule has 0 bridgehead atoms. The van der Waals surface area contributed by atoms with Gasteiger partial charge in [-0.3, -0.25) is 0 Å². The molecule has 1 aromatic heterocycles. The van der Waals surface area contributed by atoms with Gasteiger partial charge in [-0.05, 0) is 30.6 Å². The molecule has 3 nitrogen and oxygen atoms in total. The summed E-state index contributed by atoms with van der Waals surface area (Å²) in [6.07, 6.45) is 2.84. The molecule has 0 atom stereocenters. The fraction of sp³-hybridized carbons (Fsp3) is 0.364. The van der Waals surface area contributed by atoms with Crippen molar-refractivity contribution in [2.45, 2.75) is 13.0 Å². The van der Waals surface area contributed by atoms with Gasteiger partial charge in [0.2, 0.25) is 5.95 Å². The number of fused-ring (bicyclic) bond motifs is 1. The van der Waals surface area contributed by atoms with E-state index in [1.54, 1.807) is 11.8 Å². The summed E-state index contributed by atoms with van der Waals surface area (Å²) in [6.45, 7) is 0.545. The average molecular weight is 257 g/mol. The minimum Gasteiger partial charge on any atom is -0.369 e. The summed E-state index contributed by atoms with van der Waals surface area (Å²) in [7, 11) is 0. The molecule has 92 valence electrons. The summed E-state index contributed by atoms with van der Waals surface area (Å²) in [4.78, 5) is 4.02. The highest BCUT2D eigenvalue weighted by Gasteiger charge is 2.15. The number of nitrogens with two attached hydrogens (primary N) is 1. The first-order valence-electron chi connectivity index (χ1n) is 5.23. The first-order valence-corrected chi connectivity index (χ1v) is 6.63.